The van der Waals surface area contributed by atoms with E-state index in [4.69, 9.17) is 16.3 Å². The van der Waals surface area contributed by atoms with Crippen molar-refractivity contribution in [2.45, 2.75) is 13.0 Å². The predicted molar refractivity (Wildman–Crippen MR) is 63.1 cm³/mol. The van der Waals surface area contributed by atoms with Gasteiger partial charge in [-0.25, -0.2) is 0 Å². The van der Waals surface area contributed by atoms with Crippen LogP contribution in [0.4, 0.5) is 5.69 Å². The van der Waals surface area contributed by atoms with Crippen LogP contribution in [0.25, 0.3) is 0 Å². The highest BCUT2D eigenvalue weighted by molar-refractivity contribution is 6.31. The summed E-state index contributed by atoms with van der Waals surface area (Å²) in [5.41, 5.74) is 0.529. The van der Waals surface area contributed by atoms with Crippen molar-refractivity contribution in [1.29, 1.82) is 0 Å². The van der Waals surface area contributed by atoms with E-state index >= 15 is 0 Å². The highest BCUT2D eigenvalue weighted by Gasteiger charge is 2.19. The fourth-order valence-electron chi connectivity index (χ4n) is 1.32. The van der Waals surface area contributed by atoms with Crippen LogP contribution >= 0.6 is 11.6 Å². The first-order chi connectivity index (χ1) is 7.47. The molecule has 0 saturated carbocycles. The second kappa shape index (κ2) is 5.18. The number of nitrogens with zero attached hydrogens (tertiary/aromatic N) is 1. The lowest BCUT2D eigenvalue weighted by Gasteiger charge is -2.21. The van der Waals surface area contributed by atoms with Gasteiger partial charge in [-0.05, 0) is 25.1 Å². The van der Waals surface area contributed by atoms with Gasteiger partial charge in [0.2, 0.25) is 0 Å². The number of aliphatic hydroxyl groups is 1. The van der Waals surface area contributed by atoms with E-state index in [1.165, 1.54) is 18.9 Å². The van der Waals surface area contributed by atoms with Crippen molar-refractivity contribution in [2.24, 2.45) is 0 Å². The number of hydrogen-bond donors (Lipinski definition) is 1. The highest BCUT2D eigenvalue weighted by Crippen LogP contribution is 2.30. The molecule has 0 aliphatic carbocycles. The van der Waals surface area contributed by atoms with Gasteiger partial charge < -0.3 is 14.7 Å². The first kappa shape index (κ1) is 12.8. The van der Waals surface area contributed by atoms with E-state index < -0.39 is 12.0 Å². The van der Waals surface area contributed by atoms with Gasteiger partial charge in [-0.2, -0.15) is 0 Å². The first-order valence-corrected chi connectivity index (χ1v) is 5.14. The van der Waals surface area contributed by atoms with Gasteiger partial charge >= 0.3 is 0 Å². The van der Waals surface area contributed by atoms with Crippen molar-refractivity contribution in [1.82, 2.24) is 0 Å². The minimum atomic E-state index is -1.06. The average Bonchev–Trinajstić information content (AvgIpc) is 2.26. The Labute approximate surface area is 99.4 Å². The van der Waals surface area contributed by atoms with E-state index in [1.807, 2.05) is 0 Å². The molecule has 1 N–H and O–H groups in total. The van der Waals surface area contributed by atoms with E-state index in [1.54, 1.807) is 25.2 Å². The van der Waals surface area contributed by atoms with Crippen LogP contribution < -0.4 is 9.64 Å². The van der Waals surface area contributed by atoms with Gasteiger partial charge in [-0.3, -0.25) is 4.79 Å². The Morgan fingerprint density at radius 2 is 2.19 bits per heavy atom. The molecule has 0 aliphatic rings. The number of ether oxygens (including phenoxy) is 1. The zero-order valence-corrected chi connectivity index (χ0v) is 10.2. The van der Waals surface area contributed by atoms with Crippen LogP contribution in [0.5, 0.6) is 5.75 Å². The highest BCUT2D eigenvalue weighted by atomic mass is 35.5. The molecule has 0 spiro atoms. The number of hydrogen-bond acceptors (Lipinski definition) is 3. The van der Waals surface area contributed by atoms with Gasteiger partial charge in [0.05, 0.1) is 12.8 Å². The Morgan fingerprint density at radius 1 is 1.56 bits per heavy atom. The molecule has 1 aromatic rings. The van der Waals surface area contributed by atoms with Crippen LogP contribution in [0.15, 0.2) is 18.2 Å². The van der Waals surface area contributed by atoms with E-state index in [0.717, 1.165) is 0 Å². The molecule has 1 unspecified atom stereocenters. The maximum absolute atomic E-state index is 11.6. The van der Waals surface area contributed by atoms with E-state index in [-0.39, 0.29) is 0 Å². The zero-order chi connectivity index (χ0) is 12.3. The Kier molecular flexibility index (Phi) is 4.15. The summed E-state index contributed by atoms with van der Waals surface area (Å²) in [5.74, 6) is 0.112. The Hall–Kier alpha value is -1.26. The SMILES string of the molecule is COc1ccc(Cl)cc1N(C)C(=O)C(C)O. The molecule has 0 radical (unpaired) electrons. The monoisotopic (exact) mass is 243 g/mol. The number of halogens is 1. The smallest absolute Gasteiger partial charge is 0.255 e. The third-order valence-corrected chi connectivity index (χ3v) is 2.43. The molecule has 1 atom stereocenters. The molecule has 0 bridgehead atoms. The summed E-state index contributed by atoms with van der Waals surface area (Å²) >= 11 is 5.85. The fourth-order valence-corrected chi connectivity index (χ4v) is 1.49. The minimum absolute atomic E-state index is 0.416. The molecule has 0 saturated heterocycles. The summed E-state index contributed by atoms with van der Waals surface area (Å²) in [6.45, 7) is 1.41. The maximum Gasteiger partial charge on any atom is 0.255 e. The lowest BCUT2D eigenvalue weighted by Crippen LogP contribution is -2.34. The number of carbonyl (C=O) groups is 1. The van der Waals surface area contributed by atoms with Crippen LogP contribution in [0, 0.1) is 0 Å². The number of rotatable bonds is 3. The van der Waals surface area contributed by atoms with Crippen molar-refractivity contribution < 1.29 is 14.6 Å². The van der Waals surface area contributed by atoms with Gasteiger partial charge in [0.1, 0.15) is 11.9 Å². The number of benzene rings is 1. The van der Waals surface area contributed by atoms with Crippen molar-refractivity contribution in [2.75, 3.05) is 19.1 Å². The molecule has 0 aliphatic heterocycles. The number of methoxy groups -OCH3 is 1. The topological polar surface area (TPSA) is 49.8 Å². The van der Waals surface area contributed by atoms with Crippen LogP contribution in [0.3, 0.4) is 0 Å². The summed E-state index contributed by atoms with van der Waals surface area (Å²) in [6.07, 6.45) is -1.06. The van der Waals surface area contributed by atoms with Gasteiger partial charge in [0, 0.05) is 12.1 Å². The quantitative estimate of drug-likeness (QED) is 0.879. The van der Waals surface area contributed by atoms with Crippen LogP contribution in [-0.4, -0.2) is 31.3 Å². The fraction of sp³-hybridized carbons (Fsp3) is 0.364. The third-order valence-electron chi connectivity index (χ3n) is 2.19. The zero-order valence-electron chi connectivity index (χ0n) is 9.40. The molecule has 1 amide bonds. The molecule has 4 nitrogen and oxygen atoms in total. The molecule has 1 aromatic carbocycles. The lowest BCUT2D eigenvalue weighted by atomic mass is 10.2. The molecule has 16 heavy (non-hydrogen) atoms. The van der Waals surface area contributed by atoms with E-state index in [9.17, 15) is 9.90 Å². The minimum Gasteiger partial charge on any atom is -0.495 e. The van der Waals surface area contributed by atoms with Crippen molar-refractivity contribution >= 4 is 23.2 Å². The number of carbonyl (C=O) groups excluding carboxylic acids is 1. The van der Waals surface area contributed by atoms with Crippen molar-refractivity contribution in [3.8, 4) is 5.75 Å². The number of aliphatic hydroxyl groups excluding tert-OH is 1. The van der Waals surface area contributed by atoms with Crippen LogP contribution in [0.1, 0.15) is 6.92 Å². The predicted octanol–water partition coefficient (Wildman–Crippen LogP) is 1.69. The third kappa shape index (κ3) is 2.65. The van der Waals surface area contributed by atoms with E-state index in [2.05, 4.69) is 0 Å². The van der Waals surface area contributed by atoms with Crippen LogP contribution in [-0.2, 0) is 4.79 Å². The molecule has 0 fully saturated rings. The first-order valence-electron chi connectivity index (χ1n) is 4.76. The second-order valence-electron chi connectivity index (χ2n) is 3.39. The molecule has 88 valence electrons. The Morgan fingerprint density at radius 3 is 2.69 bits per heavy atom. The Bertz CT molecular complexity index is 393. The molecular formula is C11H14ClNO3. The van der Waals surface area contributed by atoms with Gasteiger partial charge in [0.15, 0.2) is 0 Å². The number of amides is 1. The van der Waals surface area contributed by atoms with Gasteiger partial charge in [-0.15, -0.1) is 0 Å². The average molecular weight is 244 g/mol. The maximum atomic E-state index is 11.6. The Balaban J connectivity index is 3.11. The summed E-state index contributed by atoms with van der Waals surface area (Å²) in [6, 6.07) is 4.95. The molecule has 0 heterocycles. The van der Waals surface area contributed by atoms with Crippen LogP contribution in [0.2, 0.25) is 5.02 Å². The van der Waals surface area contributed by atoms with Gasteiger partial charge in [-0.1, -0.05) is 11.6 Å². The molecular weight excluding hydrogens is 230 g/mol. The normalized spacial score (nSPS) is 12.1. The lowest BCUT2D eigenvalue weighted by molar-refractivity contribution is -0.125. The van der Waals surface area contributed by atoms with E-state index in [0.29, 0.717) is 16.5 Å². The summed E-state index contributed by atoms with van der Waals surface area (Å²) in [7, 11) is 3.07. The number of anilines is 1. The molecule has 5 heteroatoms. The summed E-state index contributed by atoms with van der Waals surface area (Å²) in [5, 5.41) is 9.72. The van der Waals surface area contributed by atoms with Crippen molar-refractivity contribution in [3.05, 3.63) is 23.2 Å². The molecule has 1 rings (SSSR count). The largest absolute Gasteiger partial charge is 0.495 e. The standard InChI is InChI=1S/C11H14ClNO3/c1-7(14)11(15)13(2)9-6-8(12)4-5-10(9)16-3/h4-7,14H,1-3H3. The summed E-state index contributed by atoms with van der Waals surface area (Å²) in [4.78, 5) is 12.9. The molecule has 0 aromatic heterocycles. The van der Waals surface area contributed by atoms with Crippen molar-refractivity contribution in [3.63, 3.8) is 0 Å². The summed E-state index contributed by atoms with van der Waals surface area (Å²) < 4.78 is 5.12. The number of likely N-dealkylation sites (N-methyl/N-ethyl adjacent to an activating group) is 1. The second-order valence-corrected chi connectivity index (χ2v) is 3.83. The van der Waals surface area contributed by atoms with Gasteiger partial charge in [0.25, 0.3) is 5.91 Å².